The average molecular weight is 437 g/mol. The Balaban J connectivity index is 1.49. The molecule has 0 aromatic carbocycles. The van der Waals surface area contributed by atoms with Gasteiger partial charge in [0.25, 0.3) is 0 Å². The molecule has 0 bridgehead atoms. The van der Waals surface area contributed by atoms with E-state index in [9.17, 15) is 21.6 Å². The fourth-order valence-electron chi connectivity index (χ4n) is 3.38. The summed E-state index contributed by atoms with van der Waals surface area (Å²) in [6.07, 6.45) is 0.540. The average Bonchev–Trinajstić information content (AvgIpc) is 3.31. The first-order valence-electron chi connectivity index (χ1n) is 9.78. The summed E-state index contributed by atoms with van der Waals surface area (Å²) in [6.45, 7) is 5.39. The molecule has 0 spiro atoms. The molecule has 164 valence electrons. The van der Waals surface area contributed by atoms with E-state index in [0.717, 1.165) is 25.7 Å². The highest BCUT2D eigenvalue weighted by atomic mass is 32.2. The lowest BCUT2D eigenvalue weighted by atomic mass is 9.83. The van der Waals surface area contributed by atoms with E-state index in [1.807, 2.05) is 0 Å². The van der Waals surface area contributed by atoms with Crippen molar-refractivity contribution in [2.75, 3.05) is 6.54 Å². The first kappa shape index (κ1) is 22.2. The largest absolute Gasteiger partial charge is 0.401 e. The van der Waals surface area contributed by atoms with Gasteiger partial charge in [0.2, 0.25) is 10.0 Å². The molecule has 2 aliphatic carbocycles. The fraction of sp³-hybridized carbons (Fsp3) is 0.833. The first-order chi connectivity index (χ1) is 13.3. The zero-order chi connectivity index (χ0) is 21.5. The van der Waals surface area contributed by atoms with Crippen LogP contribution in [0.15, 0.2) is 9.52 Å². The molecule has 29 heavy (non-hydrogen) atoms. The number of hydrogen-bond donors (Lipinski definition) is 1. The lowest BCUT2D eigenvalue weighted by Crippen LogP contribution is -2.41. The smallest absolute Gasteiger partial charge is 0.313 e. The molecule has 3 rings (SSSR count). The summed E-state index contributed by atoms with van der Waals surface area (Å²) in [5.41, 5.74) is -1.97. The minimum absolute atomic E-state index is 0.0256. The maximum atomic E-state index is 13.1. The highest BCUT2D eigenvalue weighted by molar-refractivity contribution is 7.90. The summed E-state index contributed by atoms with van der Waals surface area (Å²) in [4.78, 5) is 7.89. The SMILES string of the molecule is CC(C)(C)S(=O)(=O)NCC1CCC(C=Nc2nc(C3(C(F)(F)F)CC3)no2)CC1. The van der Waals surface area contributed by atoms with Crippen LogP contribution in [0.25, 0.3) is 0 Å². The predicted molar refractivity (Wildman–Crippen MR) is 102 cm³/mol. The summed E-state index contributed by atoms with van der Waals surface area (Å²) < 4.78 is 70.3. The van der Waals surface area contributed by atoms with Crippen LogP contribution in [-0.2, 0) is 15.4 Å². The zero-order valence-corrected chi connectivity index (χ0v) is 17.6. The second-order valence-corrected chi connectivity index (χ2v) is 11.5. The third-order valence-corrected chi connectivity index (χ3v) is 7.95. The van der Waals surface area contributed by atoms with Crippen LogP contribution in [0.5, 0.6) is 0 Å². The van der Waals surface area contributed by atoms with Crippen molar-refractivity contribution in [3.8, 4) is 0 Å². The summed E-state index contributed by atoms with van der Waals surface area (Å²) in [5, 5.41) is 3.47. The lowest BCUT2D eigenvalue weighted by Gasteiger charge is -2.28. The van der Waals surface area contributed by atoms with E-state index in [2.05, 4.69) is 19.9 Å². The minimum Gasteiger partial charge on any atom is -0.313 e. The quantitative estimate of drug-likeness (QED) is 0.683. The second kappa shape index (κ2) is 7.64. The number of hydrogen-bond acceptors (Lipinski definition) is 6. The zero-order valence-electron chi connectivity index (χ0n) is 16.8. The highest BCUT2D eigenvalue weighted by Gasteiger charge is 2.67. The summed E-state index contributed by atoms with van der Waals surface area (Å²) in [7, 11) is -3.36. The molecule has 0 aliphatic heterocycles. The molecule has 0 atom stereocenters. The van der Waals surface area contributed by atoms with Crippen molar-refractivity contribution in [2.45, 2.75) is 75.6 Å². The molecular formula is C18H27F3N4O3S. The Kier molecular flexibility index (Phi) is 5.85. The molecule has 0 radical (unpaired) electrons. The third kappa shape index (κ3) is 4.82. The Morgan fingerprint density at radius 3 is 2.34 bits per heavy atom. The first-order valence-corrected chi connectivity index (χ1v) is 11.3. The van der Waals surface area contributed by atoms with Gasteiger partial charge in [-0.3, -0.25) is 0 Å². The molecule has 7 nitrogen and oxygen atoms in total. The molecular weight excluding hydrogens is 409 g/mol. The van der Waals surface area contributed by atoms with Crippen LogP contribution in [0, 0.1) is 11.8 Å². The molecule has 11 heteroatoms. The molecule has 0 amide bonds. The molecule has 1 aromatic rings. The summed E-state index contributed by atoms with van der Waals surface area (Å²) in [6, 6.07) is -0.157. The van der Waals surface area contributed by atoms with Crippen LogP contribution >= 0.6 is 0 Å². The van der Waals surface area contributed by atoms with Crippen LogP contribution in [0.2, 0.25) is 0 Å². The van der Waals surface area contributed by atoms with E-state index in [1.54, 1.807) is 27.0 Å². The number of aromatic nitrogens is 2. The molecule has 2 aliphatic rings. The van der Waals surface area contributed by atoms with Gasteiger partial charge in [-0.15, -0.1) is 0 Å². The Morgan fingerprint density at radius 2 is 1.83 bits per heavy atom. The van der Waals surface area contributed by atoms with Crippen molar-refractivity contribution < 1.29 is 26.1 Å². The lowest BCUT2D eigenvalue weighted by molar-refractivity contribution is -0.162. The number of rotatable bonds is 6. The molecule has 1 heterocycles. The maximum Gasteiger partial charge on any atom is 0.401 e. The number of sulfonamides is 1. The fourth-order valence-corrected chi connectivity index (χ4v) is 4.26. The molecule has 0 saturated heterocycles. The number of halogens is 3. The van der Waals surface area contributed by atoms with Crippen molar-refractivity contribution in [1.29, 1.82) is 0 Å². The van der Waals surface area contributed by atoms with E-state index in [-0.39, 0.29) is 36.5 Å². The van der Waals surface area contributed by atoms with Crippen molar-refractivity contribution in [3.63, 3.8) is 0 Å². The molecule has 2 saturated carbocycles. The van der Waals surface area contributed by atoms with Crippen LogP contribution in [0.3, 0.4) is 0 Å². The van der Waals surface area contributed by atoms with Gasteiger partial charge in [-0.05, 0) is 71.1 Å². The van der Waals surface area contributed by atoms with Gasteiger partial charge in [-0.2, -0.15) is 18.2 Å². The normalized spacial score (nSPS) is 25.4. The van der Waals surface area contributed by atoms with Gasteiger partial charge in [0.1, 0.15) is 5.41 Å². The molecule has 0 unspecified atom stereocenters. The van der Waals surface area contributed by atoms with Crippen LogP contribution < -0.4 is 4.72 Å². The third-order valence-electron chi connectivity index (χ3n) is 5.79. The predicted octanol–water partition coefficient (Wildman–Crippen LogP) is 3.89. The van der Waals surface area contributed by atoms with Gasteiger partial charge in [0.15, 0.2) is 5.82 Å². The molecule has 1 aromatic heterocycles. The Morgan fingerprint density at radius 1 is 1.21 bits per heavy atom. The van der Waals surface area contributed by atoms with Crippen LogP contribution in [0.4, 0.5) is 19.2 Å². The maximum absolute atomic E-state index is 13.1. The van der Waals surface area contributed by atoms with Crippen molar-refractivity contribution >= 4 is 22.3 Å². The second-order valence-electron chi connectivity index (χ2n) is 9.00. The van der Waals surface area contributed by atoms with Gasteiger partial charge in [0.05, 0.1) is 4.75 Å². The van der Waals surface area contributed by atoms with E-state index >= 15 is 0 Å². The van der Waals surface area contributed by atoms with Gasteiger partial charge in [-0.25, -0.2) is 18.1 Å². The molecule has 2 fully saturated rings. The van der Waals surface area contributed by atoms with Gasteiger partial charge in [0, 0.05) is 12.8 Å². The number of nitrogens with one attached hydrogen (secondary N) is 1. The number of aliphatic imine (C=N–C) groups is 1. The van der Waals surface area contributed by atoms with E-state index in [0.29, 0.717) is 6.54 Å². The Hall–Kier alpha value is -1.49. The summed E-state index contributed by atoms with van der Waals surface area (Å²) >= 11 is 0. The van der Waals surface area contributed by atoms with Gasteiger partial charge >= 0.3 is 12.2 Å². The van der Waals surface area contributed by atoms with Gasteiger partial charge < -0.3 is 4.52 Å². The van der Waals surface area contributed by atoms with E-state index < -0.39 is 26.4 Å². The number of alkyl halides is 3. The van der Waals surface area contributed by atoms with Crippen LogP contribution in [-0.4, -0.2) is 42.2 Å². The van der Waals surface area contributed by atoms with Gasteiger partial charge in [-0.1, -0.05) is 5.16 Å². The van der Waals surface area contributed by atoms with Crippen LogP contribution in [0.1, 0.15) is 65.1 Å². The monoisotopic (exact) mass is 436 g/mol. The Labute approximate surface area is 168 Å². The van der Waals surface area contributed by atoms with Crippen molar-refractivity contribution in [2.24, 2.45) is 16.8 Å². The Bertz CT molecular complexity index is 846. The van der Waals surface area contributed by atoms with Crippen molar-refractivity contribution in [1.82, 2.24) is 14.9 Å². The highest BCUT2D eigenvalue weighted by Crippen LogP contribution is 2.58. The van der Waals surface area contributed by atoms with Crippen molar-refractivity contribution in [3.05, 3.63) is 5.82 Å². The topological polar surface area (TPSA) is 97.5 Å². The van der Waals surface area contributed by atoms with E-state index in [4.69, 9.17) is 4.52 Å². The molecule has 1 N–H and O–H groups in total. The number of nitrogens with zero attached hydrogens (tertiary/aromatic N) is 3. The van der Waals surface area contributed by atoms with E-state index in [1.165, 1.54) is 0 Å². The minimum atomic E-state index is -4.38. The standard InChI is InChI=1S/C18H27F3N4O3S/c1-16(2,3)29(26,27)23-11-13-6-4-12(5-7-13)10-22-15-24-14(25-28-15)17(8-9-17)18(19,20)21/h10,12-13,23H,4-9,11H2,1-3H3. The summed E-state index contributed by atoms with van der Waals surface area (Å²) in [5.74, 6) is 0.0682.